The first kappa shape index (κ1) is 15.1. The van der Waals surface area contributed by atoms with Crippen molar-refractivity contribution in [2.24, 2.45) is 5.73 Å². The zero-order chi connectivity index (χ0) is 15.5. The Balaban J connectivity index is 2.24. The molecule has 108 valence electrons. The SMILES string of the molecule is Cc1cc(C)c(C)c(OCC(N)(C#N)c2ccccc2)c1. The van der Waals surface area contributed by atoms with Crippen LogP contribution in [0.5, 0.6) is 5.75 Å². The van der Waals surface area contributed by atoms with Gasteiger partial charge in [-0.25, -0.2) is 0 Å². The predicted octanol–water partition coefficient (Wildman–Crippen LogP) is 3.37. The molecular formula is C18H20N2O. The summed E-state index contributed by atoms with van der Waals surface area (Å²) >= 11 is 0. The molecular weight excluding hydrogens is 260 g/mol. The average Bonchev–Trinajstić information content (AvgIpc) is 2.50. The summed E-state index contributed by atoms with van der Waals surface area (Å²) in [4.78, 5) is 0. The predicted molar refractivity (Wildman–Crippen MR) is 84.1 cm³/mol. The molecule has 0 spiro atoms. The van der Waals surface area contributed by atoms with Crippen LogP contribution in [0.2, 0.25) is 0 Å². The van der Waals surface area contributed by atoms with E-state index in [2.05, 4.69) is 12.1 Å². The van der Waals surface area contributed by atoms with Gasteiger partial charge in [0, 0.05) is 0 Å². The van der Waals surface area contributed by atoms with Gasteiger partial charge in [-0.1, -0.05) is 36.4 Å². The van der Waals surface area contributed by atoms with Crippen LogP contribution in [0.15, 0.2) is 42.5 Å². The lowest BCUT2D eigenvalue weighted by Crippen LogP contribution is -2.41. The van der Waals surface area contributed by atoms with Gasteiger partial charge >= 0.3 is 0 Å². The van der Waals surface area contributed by atoms with Crippen molar-refractivity contribution in [2.45, 2.75) is 26.3 Å². The first-order valence-electron chi connectivity index (χ1n) is 6.92. The van der Waals surface area contributed by atoms with E-state index in [1.165, 1.54) is 5.56 Å². The van der Waals surface area contributed by atoms with E-state index >= 15 is 0 Å². The highest BCUT2D eigenvalue weighted by atomic mass is 16.5. The van der Waals surface area contributed by atoms with Crippen LogP contribution in [0.4, 0.5) is 0 Å². The maximum Gasteiger partial charge on any atom is 0.164 e. The number of nitrogens with zero attached hydrogens (tertiary/aromatic N) is 1. The number of benzene rings is 2. The van der Waals surface area contributed by atoms with Crippen LogP contribution in [0.3, 0.4) is 0 Å². The first-order chi connectivity index (χ1) is 9.96. The second-order valence-electron chi connectivity index (χ2n) is 5.44. The van der Waals surface area contributed by atoms with Crippen LogP contribution in [0.1, 0.15) is 22.3 Å². The Bertz CT molecular complexity index is 674. The molecule has 0 bridgehead atoms. The van der Waals surface area contributed by atoms with Crippen LogP contribution in [0.25, 0.3) is 0 Å². The number of nitrogens with two attached hydrogens (primary N) is 1. The van der Waals surface area contributed by atoms with Gasteiger partial charge in [0.25, 0.3) is 0 Å². The highest BCUT2D eigenvalue weighted by molar-refractivity contribution is 5.42. The zero-order valence-electron chi connectivity index (χ0n) is 12.7. The summed E-state index contributed by atoms with van der Waals surface area (Å²) in [6.45, 7) is 6.21. The van der Waals surface area contributed by atoms with Crippen molar-refractivity contribution >= 4 is 0 Å². The summed E-state index contributed by atoms with van der Waals surface area (Å²) in [6.07, 6.45) is 0. The summed E-state index contributed by atoms with van der Waals surface area (Å²) < 4.78 is 5.86. The van der Waals surface area contributed by atoms with E-state index in [0.717, 1.165) is 22.4 Å². The Hall–Kier alpha value is -2.31. The normalized spacial score (nSPS) is 13.3. The largest absolute Gasteiger partial charge is 0.490 e. The Labute approximate surface area is 126 Å². The second kappa shape index (κ2) is 5.99. The van der Waals surface area contributed by atoms with Gasteiger partial charge in [-0.3, -0.25) is 0 Å². The molecule has 2 rings (SSSR count). The maximum atomic E-state index is 9.44. The van der Waals surface area contributed by atoms with E-state index in [1.54, 1.807) is 0 Å². The minimum atomic E-state index is -1.15. The number of aryl methyl sites for hydroxylation is 2. The Morgan fingerprint density at radius 3 is 2.43 bits per heavy atom. The summed E-state index contributed by atoms with van der Waals surface area (Å²) in [5.74, 6) is 0.786. The van der Waals surface area contributed by atoms with E-state index in [0.29, 0.717) is 0 Å². The number of nitriles is 1. The summed E-state index contributed by atoms with van der Waals surface area (Å²) in [5.41, 5.74) is 9.20. The van der Waals surface area contributed by atoms with E-state index < -0.39 is 5.54 Å². The van der Waals surface area contributed by atoms with Gasteiger partial charge in [0.2, 0.25) is 0 Å². The van der Waals surface area contributed by atoms with Crippen LogP contribution in [0, 0.1) is 32.1 Å². The minimum Gasteiger partial charge on any atom is -0.490 e. The molecule has 1 unspecified atom stereocenters. The van der Waals surface area contributed by atoms with Crippen molar-refractivity contribution in [3.8, 4) is 11.8 Å². The van der Waals surface area contributed by atoms with Gasteiger partial charge in [0.05, 0.1) is 6.07 Å². The van der Waals surface area contributed by atoms with Crippen LogP contribution in [-0.4, -0.2) is 6.61 Å². The smallest absolute Gasteiger partial charge is 0.164 e. The van der Waals surface area contributed by atoms with E-state index in [1.807, 2.05) is 57.2 Å². The van der Waals surface area contributed by atoms with E-state index in [4.69, 9.17) is 10.5 Å². The quantitative estimate of drug-likeness (QED) is 0.934. The van der Waals surface area contributed by atoms with Gasteiger partial charge in [0.15, 0.2) is 5.54 Å². The zero-order valence-corrected chi connectivity index (χ0v) is 12.7. The number of hydrogen-bond donors (Lipinski definition) is 1. The lowest BCUT2D eigenvalue weighted by molar-refractivity contribution is 0.253. The lowest BCUT2D eigenvalue weighted by Gasteiger charge is -2.23. The Kier molecular flexibility index (Phi) is 4.30. The standard InChI is InChI=1S/C18H20N2O/c1-13-9-14(2)15(3)17(10-13)21-12-18(20,11-19)16-7-5-4-6-8-16/h4-10H,12,20H2,1-3H3. The third-order valence-corrected chi connectivity index (χ3v) is 3.71. The number of hydrogen-bond acceptors (Lipinski definition) is 3. The number of rotatable bonds is 4. The molecule has 0 heterocycles. The molecule has 0 saturated carbocycles. The topological polar surface area (TPSA) is 59.0 Å². The van der Waals surface area contributed by atoms with Gasteiger partial charge in [-0.2, -0.15) is 5.26 Å². The van der Waals surface area contributed by atoms with Crippen molar-refractivity contribution in [2.75, 3.05) is 6.61 Å². The fourth-order valence-electron chi connectivity index (χ4n) is 2.26. The van der Waals surface area contributed by atoms with Crippen molar-refractivity contribution in [1.29, 1.82) is 5.26 Å². The molecule has 0 aliphatic heterocycles. The molecule has 0 radical (unpaired) electrons. The maximum absolute atomic E-state index is 9.44. The minimum absolute atomic E-state index is 0.122. The van der Waals surface area contributed by atoms with Crippen molar-refractivity contribution < 1.29 is 4.74 Å². The lowest BCUT2D eigenvalue weighted by atomic mass is 9.93. The molecule has 0 saturated heterocycles. The molecule has 21 heavy (non-hydrogen) atoms. The van der Waals surface area contributed by atoms with E-state index in [-0.39, 0.29) is 6.61 Å². The van der Waals surface area contributed by atoms with Gasteiger partial charge in [-0.15, -0.1) is 0 Å². The van der Waals surface area contributed by atoms with Gasteiger partial charge in [-0.05, 0) is 49.1 Å². The van der Waals surface area contributed by atoms with Gasteiger partial charge < -0.3 is 10.5 Å². The van der Waals surface area contributed by atoms with Crippen molar-refractivity contribution in [1.82, 2.24) is 0 Å². The molecule has 2 aromatic carbocycles. The molecule has 0 aromatic heterocycles. The average molecular weight is 280 g/mol. The molecule has 3 nitrogen and oxygen atoms in total. The molecule has 0 amide bonds. The van der Waals surface area contributed by atoms with Crippen LogP contribution < -0.4 is 10.5 Å². The summed E-state index contributed by atoms with van der Waals surface area (Å²) in [7, 11) is 0. The third-order valence-electron chi connectivity index (χ3n) is 3.71. The van der Waals surface area contributed by atoms with E-state index in [9.17, 15) is 5.26 Å². The summed E-state index contributed by atoms with van der Waals surface area (Å²) in [5, 5.41) is 9.44. The third kappa shape index (κ3) is 3.24. The highest BCUT2D eigenvalue weighted by Crippen LogP contribution is 2.26. The molecule has 0 fully saturated rings. The molecule has 1 atom stereocenters. The molecule has 2 N–H and O–H groups in total. The molecule has 0 aliphatic carbocycles. The first-order valence-corrected chi connectivity index (χ1v) is 6.92. The fraction of sp³-hybridized carbons (Fsp3) is 0.278. The second-order valence-corrected chi connectivity index (χ2v) is 5.44. The Morgan fingerprint density at radius 2 is 1.81 bits per heavy atom. The molecule has 2 aromatic rings. The molecule has 0 aliphatic rings. The van der Waals surface area contributed by atoms with Crippen LogP contribution >= 0.6 is 0 Å². The fourth-order valence-corrected chi connectivity index (χ4v) is 2.26. The van der Waals surface area contributed by atoms with Crippen LogP contribution in [-0.2, 0) is 5.54 Å². The Morgan fingerprint density at radius 1 is 1.14 bits per heavy atom. The number of ether oxygens (including phenoxy) is 1. The van der Waals surface area contributed by atoms with Gasteiger partial charge in [0.1, 0.15) is 12.4 Å². The molecule has 3 heteroatoms. The summed E-state index contributed by atoms with van der Waals surface area (Å²) in [6, 6.07) is 15.6. The highest BCUT2D eigenvalue weighted by Gasteiger charge is 2.28. The monoisotopic (exact) mass is 280 g/mol. The van der Waals surface area contributed by atoms with Crippen molar-refractivity contribution in [3.63, 3.8) is 0 Å². The van der Waals surface area contributed by atoms with Crippen molar-refractivity contribution in [3.05, 3.63) is 64.7 Å².